The lowest BCUT2D eigenvalue weighted by molar-refractivity contribution is -0.126. The average molecular weight is 224 g/mol. The van der Waals surface area contributed by atoms with Crippen molar-refractivity contribution in [1.29, 1.82) is 0 Å². The summed E-state index contributed by atoms with van der Waals surface area (Å²) in [6.07, 6.45) is 3.59. The van der Waals surface area contributed by atoms with Gasteiger partial charge in [-0.3, -0.25) is 4.79 Å². The third kappa shape index (κ3) is 3.40. The van der Waals surface area contributed by atoms with Crippen molar-refractivity contribution >= 4 is 23.6 Å². The van der Waals surface area contributed by atoms with E-state index in [0.717, 1.165) is 5.56 Å². The summed E-state index contributed by atoms with van der Waals surface area (Å²) in [4.78, 5) is 12.8. The van der Waals surface area contributed by atoms with Crippen LogP contribution < -0.4 is 0 Å². The molecule has 0 spiro atoms. The van der Waals surface area contributed by atoms with E-state index in [-0.39, 0.29) is 5.91 Å². The maximum atomic E-state index is 11.1. The average Bonchev–Trinajstić information content (AvgIpc) is 2.21. The molecule has 2 nitrogen and oxygen atoms in total. The third-order valence-electron chi connectivity index (χ3n) is 2.08. The van der Waals surface area contributed by atoms with Crippen molar-refractivity contribution in [2.24, 2.45) is 0 Å². The minimum atomic E-state index is 0.0285. The second kappa shape index (κ2) is 5.56. The van der Waals surface area contributed by atoms with E-state index in [2.05, 4.69) is 0 Å². The van der Waals surface area contributed by atoms with Crippen LogP contribution in [0, 0.1) is 0 Å². The summed E-state index contributed by atoms with van der Waals surface area (Å²) in [6, 6.07) is 7.52. The third-order valence-corrected chi connectivity index (χ3v) is 2.43. The highest BCUT2D eigenvalue weighted by Crippen LogP contribution is 2.16. The summed E-state index contributed by atoms with van der Waals surface area (Å²) in [5.74, 6) is 0.0285. The molecule has 0 aliphatic heterocycles. The smallest absolute Gasteiger partial charge is 0.223 e. The Kier molecular flexibility index (Phi) is 4.37. The lowest BCUT2D eigenvalue weighted by Gasteiger charge is -2.12. The molecule has 3 heteroatoms. The van der Waals surface area contributed by atoms with Crippen molar-refractivity contribution in [3.63, 3.8) is 0 Å². The Bertz CT molecular complexity index is 374. The van der Waals surface area contributed by atoms with E-state index in [0.29, 0.717) is 11.6 Å². The molecule has 0 radical (unpaired) electrons. The van der Waals surface area contributed by atoms with Crippen LogP contribution in [-0.4, -0.2) is 17.4 Å². The predicted molar refractivity (Wildman–Crippen MR) is 63.5 cm³/mol. The molecule has 1 amide bonds. The Balaban J connectivity index is 2.81. The van der Waals surface area contributed by atoms with Crippen LogP contribution in [0.3, 0.4) is 0 Å². The number of hydrogen-bond donors (Lipinski definition) is 0. The molecule has 0 N–H and O–H groups in total. The standard InChI is InChI=1S/C12H14ClNO/c1-3-14(10(2)15)9-8-11-6-4-5-7-12(11)13/h4-9H,3H2,1-2H3/b9-8+. The largest absolute Gasteiger partial charge is 0.320 e. The van der Waals surface area contributed by atoms with E-state index in [1.165, 1.54) is 0 Å². The molecule has 0 unspecified atom stereocenters. The zero-order valence-electron chi connectivity index (χ0n) is 8.90. The van der Waals surface area contributed by atoms with Gasteiger partial charge in [-0.25, -0.2) is 0 Å². The highest BCUT2D eigenvalue weighted by Gasteiger charge is 2.00. The summed E-state index contributed by atoms with van der Waals surface area (Å²) >= 11 is 5.98. The van der Waals surface area contributed by atoms with Crippen LogP contribution in [-0.2, 0) is 4.79 Å². The van der Waals surface area contributed by atoms with Crippen LogP contribution in [0.25, 0.3) is 6.08 Å². The molecule has 0 aliphatic carbocycles. The van der Waals surface area contributed by atoms with Crippen molar-refractivity contribution in [2.45, 2.75) is 13.8 Å². The summed E-state index contributed by atoms with van der Waals surface area (Å²) in [7, 11) is 0. The van der Waals surface area contributed by atoms with E-state index >= 15 is 0 Å². The topological polar surface area (TPSA) is 20.3 Å². The Morgan fingerprint density at radius 1 is 1.47 bits per heavy atom. The first-order valence-corrected chi connectivity index (χ1v) is 5.23. The Labute approximate surface area is 95.2 Å². The normalized spacial score (nSPS) is 10.6. The van der Waals surface area contributed by atoms with Gasteiger partial charge in [0.25, 0.3) is 0 Å². The van der Waals surface area contributed by atoms with E-state index in [1.54, 1.807) is 18.0 Å². The number of amides is 1. The van der Waals surface area contributed by atoms with Gasteiger partial charge < -0.3 is 4.90 Å². The van der Waals surface area contributed by atoms with Crippen molar-refractivity contribution in [3.05, 3.63) is 41.1 Å². The summed E-state index contributed by atoms with van der Waals surface area (Å²) in [6.45, 7) is 4.13. The Morgan fingerprint density at radius 3 is 2.67 bits per heavy atom. The fraction of sp³-hybridized carbons (Fsp3) is 0.250. The molecule has 1 aromatic carbocycles. The van der Waals surface area contributed by atoms with Crippen LogP contribution in [0.2, 0.25) is 5.02 Å². The first-order chi connectivity index (χ1) is 7.15. The van der Waals surface area contributed by atoms with E-state index in [9.17, 15) is 4.79 Å². The number of benzene rings is 1. The van der Waals surface area contributed by atoms with Crippen LogP contribution in [0.1, 0.15) is 19.4 Å². The molecule has 0 aliphatic rings. The molecule has 0 saturated carbocycles. The number of carbonyl (C=O) groups excluding carboxylic acids is 1. The van der Waals surface area contributed by atoms with Gasteiger partial charge in [0, 0.05) is 24.7 Å². The Morgan fingerprint density at radius 2 is 2.13 bits per heavy atom. The molecule has 0 heterocycles. The fourth-order valence-electron chi connectivity index (χ4n) is 1.21. The Hall–Kier alpha value is -1.28. The molecular formula is C12H14ClNO. The molecule has 0 saturated heterocycles. The van der Waals surface area contributed by atoms with Gasteiger partial charge in [0.05, 0.1) is 0 Å². The highest BCUT2D eigenvalue weighted by atomic mass is 35.5. The minimum absolute atomic E-state index is 0.0285. The van der Waals surface area contributed by atoms with Crippen LogP contribution in [0.15, 0.2) is 30.5 Å². The zero-order chi connectivity index (χ0) is 11.3. The lowest BCUT2D eigenvalue weighted by Crippen LogP contribution is -2.21. The van der Waals surface area contributed by atoms with E-state index in [1.807, 2.05) is 37.3 Å². The monoisotopic (exact) mass is 223 g/mol. The van der Waals surface area contributed by atoms with Crippen molar-refractivity contribution in [2.75, 3.05) is 6.54 Å². The van der Waals surface area contributed by atoms with Gasteiger partial charge in [-0.2, -0.15) is 0 Å². The maximum Gasteiger partial charge on any atom is 0.223 e. The second-order valence-electron chi connectivity index (χ2n) is 3.14. The van der Waals surface area contributed by atoms with Crippen molar-refractivity contribution in [3.8, 4) is 0 Å². The second-order valence-corrected chi connectivity index (χ2v) is 3.55. The lowest BCUT2D eigenvalue weighted by atomic mass is 10.2. The van der Waals surface area contributed by atoms with E-state index < -0.39 is 0 Å². The van der Waals surface area contributed by atoms with Gasteiger partial charge in [-0.15, -0.1) is 0 Å². The predicted octanol–water partition coefficient (Wildman–Crippen LogP) is 3.18. The van der Waals surface area contributed by atoms with Gasteiger partial charge in [0.1, 0.15) is 0 Å². The van der Waals surface area contributed by atoms with E-state index in [4.69, 9.17) is 11.6 Å². The molecule has 15 heavy (non-hydrogen) atoms. The molecule has 80 valence electrons. The molecule has 0 fully saturated rings. The number of carbonyl (C=O) groups is 1. The van der Waals surface area contributed by atoms with Gasteiger partial charge >= 0.3 is 0 Å². The molecular weight excluding hydrogens is 210 g/mol. The number of hydrogen-bond acceptors (Lipinski definition) is 1. The highest BCUT2D eigenvalue weighted by molar-refractivity contribution is 6.32. The zero-order valence-corrected chi connectivity index (χ0v) is 9.66. The molecule has 0 aromatic heterocycles. The van der Waals surface area contributed by atoms with Crippen LogP contribution in [0.5, 0.6) is 0 Å². The van der Waals surface area contributed by atoms with Crippen molar-refractivity contribution in [1.82, 2.24) is 4.90 Å². The summed E-state index contributed by atoms with van der Waals surface area (Å²) < 4.78 is 0. The quantitative estimate of drug-likeness (QED) is 0.771. The maximum absolute atomic E-state index is 11.1. The minimum Gasteiger partial charge on any atom is -0.320 e. The first kappa shape index (κ1) is 11.8. The van der Waals surface area contributed by atoms with Gasteiger partial charge in [0.15, 0.2) is 0 Å². The SMILES string of the molecule is CCN(/C=C/c1ccccc1Cl)C(C)=O. The number of halogens is 1. The number of rotatable bonds is 3. The fourth-order valence-corrected chi connectivity index (χ4v) is 1.41. The molecule has 1 rings (SSSR count). The summed E-state index contributed by atoms with van der Waals surface area (Å²) in [5, 5.41) is 0.688. The summed E-state index contributed by atoms with van der Waals surface area (Å²) in [5.41, 5.74) is 0.916. The van der Waals surface area contributed by atoms with Crippen LogP contribution in [0.4, 0.5) is 0 Å². The van der Waals surface area contributed by atoms with Crippen molar-refractivity contribution < 1.29 is 4.79 Å². The first-order valence-electron chi connectivity index (χ1n) is 4.85. The van der Waals surface area contributed by atoms with Gasteiger partial charge in [-0.05, 0) is 24.6 Å². The molecule has 0 bridgehead atoms. The number of nitrogens with zero attached hydrogens (tertiary/aromatic N) is 1. The van der Waals surface area contributed by atoms with Gasteiger partial charge in [0.2, 0.25) is 5.91 Å². The van der Waals surface area contributed by atoms with Gasteiger partial charge in [-0.1, -0.05) is 29.8 Å². The molecule has 0 atom stereocenters. The molecule has 1 aromatic rings. The van der Waals surface area contributed by atoms with Crippen LogP contribution >= 0.6 is 11.6 Å².